The van der Waals surface area contributed by atoms with Gasteiger partial charge < -0.3 is 9.30 Å². The summed E-state index contributed by atoms with van der Waals surface area (Å²) in [5.41, 5.74) is 0. The predicted octanol–water partition coefficient (Wildman–Crippen LogP) is 1.86. The summed E-state index contributed by atoms with van der Waals surface area (Å²) < 4.78 is 8.33. The topological polar surface area (TPSA) is 52.8 Å². The van der Waals surface area contributed by atoms with Crippen LogP contribution in [0, 0.1) is 6.92 Å². The van der Waals surface area contributed by atoms with Gasteiger partial charge >= 0.3 is 0 Å². The van der Waals surface area contributed by atoms with Gasteiger partial charge in [0.25, 0.3) is 0 Å². The molecule has 5 nitrogen and oxygen atoms in total. The molecule has 16 heavy (non-hydrogen) atoms. The van der Waals surface area contributed by atoms with Crippen molar-refractivity contribution in [2.45, 2.75) is 13.5 Å². The normalized spacial score (nSPS) is 10.4. The molecule has 0 spiro atoms. The van der Waals surface area contributed by atoms with E-state index < -0.39 is 0 Å². The molecular weight excluding hydrogens is 272 g/mol. The number of aromatic nitrogens is 4. The molecule has 2 rings (SSSR count). The van der Waals surface area contributed by atoms with E-state index in [1.54, 1.807) is 12.4 Å². The Balaban J connectivity index is 2.05. The first-order valence-electron chi connectivity index (χ1n) is 4.75. The first-order chi connectivity index (χ1) is 7.66. The van der Waals surface area contributed by atoms with Crippen molar-refractivity contribution in [3.8, 4) is 5.75 Å². The molecule has 84 valence electrons. The molecule has 0 aromatic carbocycles. The van der Waals surface area contributed by atoms with Gasteiger partial charge in [-0.25, -0.2) is 0 Å². The zero-order valence-corrected chi connectivity index (χ0v) is 10.6. The van der Waals surface area contributed by atoms with Gasteiger partial charge in [-0.1, -0.05) is 0 Å². The SMILES string of the molecule is Cc1nnc(COc2cncc(Br)c2)n1C. The Kier molecular flexibility index (Phi) is 3.19. The van der Waals surface area contributed by atoms with Gasteiger partial charge in [0.1, 0.15) is 18.2 Å². The Morgan fingerprint density at radius 1 is 1.38 bits per heavy atom. The number of pyridine rings is 1. The smallest absolute Gasteiger partial charge is 0.170 e. The summed E-state index contributed by atoms with van der Waals surface area (Å²) in [5, 5.41) is 7.96. The van der Waals surface area contributed by atoms with Crippen LogP contribution in [0.1, 0.15) is 11.6 Å². The molecule has 0 atom stereocenters. The Morgan fingerprint density at radius 2 is 2.19 bits per heavy atom. The second-order valence-corrected chi connectivity index (χ2v) is 4.27. The van der Waals surface area contributed by atoms with Gasteiger partial charge in [0, 0.05) is 17.7 Å². The Bertz CT molecular complexity index is 497. The molecule has 0 unspecified atom stereocenters. The van der Waals surface area contributed by atoms with Crippen LogP contribution in [-0.2, 0) is 13.7 Å². The minimum Gasteiger partial charge on any atom is -0.484 e. The third kappa shape index (κ3) is 2.38. The fourth-order valence-corrected chi connectivity index (χ4v) is 1.54. The highest BCUT2D eigenvalue weighted by Gasteiger charge is 2.05. The molecule has 0 aliphatic carbocycles. The van der Waals surface area contributed by atoms with Crippen LogP contribution in [0.3, 0.4) is 0 Å². The maximum absolute atomic E-state index is 5.55. The van der Waals surface area contributed by atoms with E-state index in [9.17, 15) is 0 Å². The largest absolute Gasteiger partial charge is 0.484 e. The number of hydrogen-bond donors (Lipinski definition) is 0. The monoisotopic (exact) mass is 282 g/mol. The number of hydrogen-bond acceptors (Lipinski definition) is 4. The van der Waals surface area contributed by atoms with Gasteiger partial charge in [0.15, 0.2) is 5.82 Å². The van der Waals surface area contributed by atoms with Gasteiger partial charge in [0.05, 0.1) is 6.20 Å². The Labute approximate surface area is 102 Å². The number of ether oxygens (including phenoxy) is 1. The van der Waals surface area contributed by atoms with E-state index >= 15 is 0 Å². The minimum atomic E-state index is 0.384. The molecule has 0 bridgehead atoms. The van der Waals surface area contributed by atoms with Crippen LogP contribution in [-0.4, -0.2) is 19.7 Å². The summed E-state index contributed by atoms with van der Waals surface area (Å²) in [7, 11) is 1.91. The lowest BCUT2D eigenvalue weighted by Crippen LogP contribution is -2.04. The lowest BCUT2D eigenvalue weighted by molar-refractivity contribution is 0.289. The molecule has 0 fully saturated rings. The van der Waals surface area contributed by atoms with Crippen molar-refractivity contribution in [2.24, 2.45) is 7.05 Å². The average Bonchev–Trinajstić information content (AvgIpc) is 2.57. The lowest BCUT2D eigenvalue weighted by Gasteiger charge is -2.05. The van der Waals surface area contributed by atoms with Crippen molar-refractivity contribution in [1.29, 1.82) is 0 Å². The summed E-state index contributed by atoms with van der Waals surface area (Å²) in [6.07, 6.45) is 3.37. The van der Waals surface area contributed by atoms with E-state index in [1.165, 1.54) is 0 Å². The van der Waals surface area contributed by atoms with Crippen molar-refractivity contribution in [3.63, 3.8) is 0 Å². The van der Waals surface area contributed by atoms with Crippen LogP contribution in [0.5, 0.6) is 5.75 Å². The summed E-state index contributed by atoms with van der Waals surface area (Å²) in [6, 6.07) is 1.86. The van der Waals surface area contributed by atoms with Crippen LogP contribution in [0.15, 0.2) is 22.9 Å². The lowest BCUT2D eigenvalue weighted by atomic mass is 10.4. The zero-order chi connectivity index (χ0) is 11.5. The molecule has 0 radical (unpaired) electrons. The van der Waals surface area contributed by atoms with Gasteiger partial charge in [-0.05, 0) is 28.9 Å². The number of aryl methyl sites for hydroxylation is 1. The van der Waals surface area contributed by atoms with E-state index in [2.05, 4.69) is 31.1 Å². The number of rotatable bonds is 3. The standard InChI is InChI=1S/C10H11BrN4O/c1-7-13-14-10(15(7)2)6-16-9-3-8(11)4-12-5-9/h3-5H,6H2,1-2H3. The third-order valence-electron chi connectivity index (χ3n) is 2.23. The maximum Gasteiger partial charge on any atom is 0.170 e. The first-order valence-corrected chi connectivity index (χ1v) is 5.54. The molecule has 0 N–H and O–H groups in total. The van der Waals surface area contributed by atoms with E-state index in [-0.39, 0.29) is 0 Å². The fraction of sp³-hybridized carbons (Fsp3) is 0.300. The molecule has 6 heteroatoms. The number of halogens is 1. The molecule has 0 aliphatic rings. The first kappa shape index (κ1) is 11.1. The van der Waals surface area contributed by atoms with E-state index in [0.29, 0.717) is 12.4 Å². The van der Waals surface area contributed by atoms with Crippen LogP contribution in [0.2, 0.25) is 0 Å². The highest BCUT2D eigenvalue weighted by atomic mass is 79.9. The molecular formula is C10H11BrN4O. The van der Waals surface area contributed by atoms with Crippen molar-refractivity contribution < 1.29 is 4.74 Å². The highest BCUT2D eigenvalue weighted by Crippen LogP contribution is 2.16. The Hall–Kier alpha value is -1.43. The van der Waals surface area contributed by atoms with Crippen LogP contribution in [0.4, 0.5) is 0 Å². The second-order valence-electron chi connectivity index (χ2n) is 3.35. The van der Waals surface area contributed by atoms with Crippen molar-refractivity contribution in [1.82, 2.24) is 19.7 Å². The van der Waals surface area contributed by atoms with Crippen LogP contribution >= 0.6 is 15.9 Å². The van der Waals surface area contributed by atoms with Gasteiger partial charge in [-0.3, -0.25) is 4.98 Å². The van der Waals surface area contributed by atoms with Gasteiger partial charge in [0.2, 0.25) is 0 Å². The van der Waals surface area contributed by atoms with E-state index in [0.717, 1.165) is 16.1 Å². The van der Waals surface area contributed by atoms with E-state index in [1.807, 2.05) is 24.6 Å². The highest BCUT2D eigenvalue weighted by molar-refractivity contribution is 9.10. The average molecular weight is 283 g/mol. The maximum atomic E-state index is 5.55. The van der Waals surface area contributed by atoms with E-state index in [4.69, 9.17) is 4.74 Å². The van der Waals surface area contributed by atoms with Crippen molar-refractivity contribution in [3.05, 3.63) is 34.6 Å². The van der Waals surface area contributed by atoms with Crippen LogP contribution in [0.25, 0.3) is 0 Å². The molecule has 2 aromatic heterocycles. The van der Waals surface area contributed by atoms with Crippen LogP contribution < -0.4 is 4.74 Å². The molecule has 2 heterocycles. The summed E-state index contributed by atoms with van der Waals surface area (Å²) in [4.78, 5) is 4.01. The Morgan fingerprint density at radius 3 is 2.81 bits per heavy atom. The minimum absolute atomic E-state index is 0.384. The summed E-state index contributed by atoms with van der Waals surface area (Å²) in [5.74, 6) is 2.36. The zero-order valence-electron chi connectivity index (χ0n) is 9.01. The fourth-order valence-electron chi connectivity index (χ4n) is 1.20. The molecule has 0 saturated carbocycles. The third-order valence-corrected chi connectivity index (χ3v) is 2.66. The molecule has 2 aromatic rings. The van der Waals surface area contributed by atoms with Gasteiger partial charge in [-0.2, -0.15) is 0 Å². The number of nitrogens with zero attached hydrogens (tertiary/aromatic N) is 4. The van der Waals surface area contributed by atoms with Crippen molar-refractivity contribution >= 4 is 15.9 Å². The molecule has 0 saturated heterocycles. The quantitative estimate of drug-likeness (QED) is 0.862. The summed E-state index contributed by atoms with van der Waals surface area (Å²) in [6.45, 7) is 2.28. The van der Waals surface area contributed by atoms with Gasteiger partial charge in [-0.15, -0.1) is 10.2 Å². The predicted molar refractivity (Wildman–Crippen MR) is 62.0 cm³/mol. The molecule has 0 aliphatic heterocycles. The second kappa shape index (κ2) is 4.61. The molecule has 0 amide bonds. The summed E-state index contributed by atoms with van der Waals surface area (Å²) >= 11 is 3.33. The van der Waals surface area contributed by atoms with Crippen molar-refractivity contribution in [2.75, 3.05) is 0 Å².